The Kier molecular flexibility index (Phi) is 6.16. The second-order valence-electron chi connectivity index (χ2n) is 8.78. The number of thiocarbonyl (C=S) groups is 1. The zero-order chi connectivity index (χ0) is 23.7. The summed E-state index contributed by atoms with van der Waals surface area (Å²) in [6, 6.07) is 21.2. The molecule has 4 heterocycles. The number of hydrogen-bond acceptors (Lipinski definition) is 3. The SMILES string of the molecule is CCc1ccc(N2C(=S)NC(c3ccccn3)C2c2cc(C)n(Cc3ccncc3)c2C)cc1. The average molecular weight is 468 g/mol. The molecule has 172 valence electrons. The van der Waals surface area contributed by atoms with Gasteiger partial charge in [-0.05, 0) is 91.6 Å². The maximum absolute atomic E-state index is 5.90. The molecular formula is C28H29N5S. The highest BCUT2D eigenvalue weighted by Gasteiger charge is 2.42. The van der Waals surface area contributed by atoms with Gasteiger partial charge in [-0.25, -0.2) is 0 Å². The van der Waals surface area contributed by atoms with Gasteiger partial charge in [-0.1, -0.05) is 25.1 Å². The molecule has 6 heteroatoms. The van der Waals surface area contributed by atoms with E-state index >= 15 is 0 Å². The highest BCUT2D eigenvalue weighted by Crippen LogP contribution is 2.43. The number of hydrogen-bond donors (Lipinski definition) is 1. The van der Waals surface area contributed by atoms with Crippen LogP contribution in [0.25, 0.3) is 0 Å². The summed E-state index contributed by atoms with van der Waals surface area (Å²) in [6.07, 6.45) is 6.56. The number of nitrogens with one attached hydrogen (secondary N) is 1. The molecule has 1 saturated heterocycles. The zero-order valence-corrected chi connectivity index (χ0v) is 20.6. The van der Waals surface area contributed by atoms with E-state index in [2.05, 4.69) is 89.1 Å². The Balaban J connectivity index is 1.61. The predicted molar refractivity (Wildman–Crippen MR) is 141 cm³/mol. The highest BCUT2D eigenvalue weighted by atomic mass is 32.1. The summed E-state index contributed by atoms with van der Waals surface area (Å²) in [4.78, 5) is 11.1. The number of nitrogens with zero attached hydrogens (tertiary/aromatic N) is 4. The molecular weight excluding hydrogens is 438 g/mol. The Morgan fingerprint density at radius 1 is 0.941 bits per heavy atom. The molecule has 3 aromatic heterocycles. The van der Waals surface area contributed by atoms with E-state index in [0.29, 0.717) is 0 Å². The van der Waals surface area contributed by atoms with Crippen LogP contribution in [0.1, 0.15) is 52.8 Å². The molecule has 5 nitrogen and oxygen atoms in total. The second kappa shape index (κ2) is 9.39. The van der Waals surface area contributed by atoms with Gasteiger partial charge in [0.1, 0.15) is 0 Å². The summed E-state index contributed by atoms with van der Waals surface area (Å²) in [6.45, 7) is 7.37. The minimum Gasteiger partial charge on any atom is -0.351 e. The molecule has 1 fully saturated rings. The van der Waals surface area contributed by atoms with Crippen molar-refractivity contribution in [2.45, 2.75) is 45.8 Å². The summed E-state index contributed by atoms with van der Waals surface area (Å²) in [5.74, 6) is 0. The minimum atomic E-state index is -0.0468. The summed E-state index contributed by atoms with van der Waals surface area (Å²) < 4.78 is 2.37. The van der Waals surface area contributed by atoms with Crippen LogP contribution in [-0.4, -0.2) is 19.6 Å². The molecule has 0 amide bonds. The van der Waals surface area contributed by atoms with Gasteiger partial charge in [-0.15, -0.1) is 0 Å². The Morgan fingerprint density at radius 3 is 2.38 bits per heavy atom. The normalized spacial score (nSPS) is 17.7. The molecule has 1 aliphatic heterocycles. The van der Waals surface area contributed by atoms with Crippen molar-refractivity contribution in [3.63, 3.8) is 0 Å². The lowest BCUT2D eigenvalue weighted by atomic mass is 9.96. The van der Waals surface area contributed by atoms with Crippen LogP contribution in [-0.2, 0) is 13.0 Å². The standard InChI is InChI=1S/C28H29N5S/c1-4-21-8-10-23(11-9-21)33-27(26(31-28(33)34)25-7-5-6-14-30-25)24-17-19(2)32(20(24)3)18-22-12-15-29-16-13-22/h5-17,26-27H,4,18H2,1-3H3,(H,31,34). The Labute approximate surface area is 206 Å². The van der Waals surface area contributed by atoms with Gasteiger partial charge >= 0.3 is 0 Å². The number of anilines is 1. The smallest absolute Gasteiger partial charge is 0.174 e. The molecule has 1 aromatic carbocycles. The third-order valence-corrected chi connectivity index (χ3v) is 7.06. The van der Waals surface area contributed by atoms with Crippen molar-refractivity contribution >= 4 is 23.0 Å². The lowest BCUT2D eigenvalue weighted by Crippen LogP contribution is -2.29. The van der Waals surface area contributed by atoms with Crippen LogP contribution in [0.2, 0.25) is 0 Å². The molecule has 4 aromatic rings. The van der Waals surface area contributed by atoms with Crippen LogP contribution >= 0.6 is 12.2 Å². The molecule has 2 atom stereocenters. The molecule has 34 heavy (non-hydrogen) atoms. The fraction of sp³-hybridized carbons (Fsp3) is 0.250. The van der Waals surface area contributed by atoms with Crippen LogP contribution in [0.15, 0.2) is 79.3 Å². The first-order valence-electron chi connectivity index (χ1n) is 11.7. The van der Waals surface area contributed by atoms with Crippen molar-refractivity contribution in [2.75, 3.05) is 4.90 Å². The van der Waals surface area contributed by atoms with Gasteiger partial charge in [0.25, 0.3) is 0 Å². The summed E-state index contributed by atoms with van der Waals surface area (Å²) in [5.41, 5.74) is 8.35. The molecule has 0 saturated carbocycles. The third kappa shape index (κ3) is 4.10. The fourth-order valence-corrected chi connectivity index (χ4v) is 5.23. The van der Waals surface area contributed by atoms with Crippen molar-refractivity contribution in [1.29, 1.82) is 0 Å². The molecule has 1 aliphatic rings. The molecule has 0 aliphatic carbocycles. The Morgan fingerprint density at radius 2 is 1.71 bits per heavy atom. The quantitative estimate of drug-likeness (QED) is 0.370. The number of benzene rings is 1. The molecule has 5 rings (SSSR count). The van der Waals surface area contributed by atoms with Gasteiger partial charge < -0.3 is 14.8 Å². The first-order valence-corrected chi connectivity index (χ1v) is 12.1. The zero-order valence-electron chi connectivity index (χ0n) is 19.8. The molecule has 0 radical (unpaired) electrons. The van der Waals surface area contributed by atoms with Gasteiger partial charge in [-0.3, -0.25) is 9.97 Å². The number of rotatable bonds is 6. The van der Waals surface area contributed by atoms with Gasteiger partial charge in [0, 0.05) is 42.2 Å². The van der Waals surface area contributed by atoms with E-state index in [1.807, 2.05) is 30.7 Å². The third-order valence-electron chi connectivity index (χ3n) is 6.74. The average Bonchev–Trinajstić information content (AvgIpc) is 3.36. The Bertz CT molecular complexity index is 1280. The summed E-state index contributed by atoms with van der Waals surface area (Å²) in [7, 11) is 0. The molecule has 0 bridgehead atoms. The summed E-state index contributed by atoms with van der Waals surface area (Å²) in [5, 5.41) is 4.30. The molecule has 1 N–H and O–H groups in total. The monoisotopic (exact) mass is 467 g/mol. The number of aromatic nitrogens is 3. The van der Waals surface area contributed by atoms with Crippen molar-refractivity contribution in [3.8, 4) is 0 Å². The van der Waals surface area contributed by atoms with E-state index in [-0.39, 0.29) is 12.1 Å². The first kappa shape index (κ1) is 22.3. The van der Waals surface area contributed by atoms with Gasteiger partial charge in [0.15, 0.2) is 5.11 Å². The topological polar surface area (TPSA) is 46.0 Å². The molecule has 0 spiro atoms. The van der Waals surface area contributed by atoms with E-state index in [9.17, 15) is 0 Å². The van der Waals surface area contributed by atoms with E-state index in [1.165, 1.54) is 28.1 Å². The van der Waals surface area contributed by atoms with E-state index in [1.54, 1.807) is 0 Å². The predicted octanol–water partition coefficient (Wildman–Crippen LogP) is 5.68. The van der Waals surface area contributed by atoms with Crippen molar-refractivity contribution in [3.05, 3.63) is 113 Å². The number of aryl methyl sites for hydroxylation is 2. The van der Waals surface area contributed by atoms with Crippen LogP contribution in [0.3, 0.4) is 0 Å². The van der Waals surface area contributed by atoms with Crippen molar-refractivity contribution in [2.24, 2.45) is 0 Å². The lowest BCUT2D eigenvalue weighted by molar-refractivity contribution is 0.563. The van der Waals surface area contributed by atoms with E-state index in [4.69, 9.17) is 17.2 Å². The van der Waals surface area contributed by atoms with Crippen LogP contribution in [0.5, 0.6) is 0 Å². The lowest BCUT2D eigenvalue weighted by Gasteiger charge is -2.28. The maximum Gasteiger partial charge on any atom is 0.174 e. The van der Waals surface area contributed by atoms with E-state index < -0.39 is 0 Å². The second-order valence-corrected chi connectivity index (χ2v) is 9.17. The van der Waals surface area contributed by atoms with Gasteiger partial charge in [-0.2, -0.15) is 0 Å². The largest absolute Gasteiger partial charge is 0.351 e. The Hall–Kier alpha value is -3.51. The van der Waals surface area contributed by atoms with Gasteiger partial charge in [0.05, 0.1) is 17.8 Å². The van der Waals surface area contributed by atoms with Crippen molar-refractivity contribution in [1.82, 2.24) is 19.9 Å². The fourth-order valence-electron chi connectivity index (χ4n) is 4.88. The van der Waals surface area contributed by atoms with Crippen LogP contribution in [0, 0.1) is 13.8 Å². The minimum absolute atomic E-state index is 0.00716. The summed E-state index contributed by atoms with van der Waals surface area (Å²) >= 11 is 5.90. The van der Waals surface area contributed by atoms with Crippen LogP contribution < -0.4 is 10.2 Å². The first-order chi connectivity index (χ1) is 16.6. The van der Waals surface area contributed by atoms with Gasteiger partial charge in [0.2, 0.25) is 0 Å². The van der Waals surface area contributed by atoms with Crippen LogP contribution in [0.4, 0.5) is 5.69 Å². The van der Waals surface area contributed by atoms with Crippen molar-refractivity contribution < 1.29 is 0 Å². The molecule has 2 unspecified atom stereocenters. The highest BCUT2D eigenvalue weighted by molar-refractivity contribution is 7.80. The van der Waals surface area contributed by atoms with E-state index in [0.717, 1.165) is 29.5 Å². The number of pyridine rings is 2. The maximum atomic E-state index is 5.90.